The van der Waals surface area contributed by atoms with Crippen LogP contribution in [-0.4, -0.2) is 16.2 Å². The zero-order valence-electron chi connectivity index (χ0n) is 4.61. The van der Waals surface area contributed by atoms with E-state index < -0.39 is 0 Å². The van der Waals surface area contributed by atoms with Crippen molar-refractivity contribution in [3.63, 3.8) is 0 Å². The predicted molar refractivity (Wildman–Crippen MR) is 25.5 cm³/mol. The summed E-state index contributed by atoms with van der Waals surface area (Å²) in [5.74, 6) is 0. The Morgan fingerprint density at radius 1 is 1.86 bits per heavy atom. The van der Waals surface area contributed by atoms with Crippen molar-refractivity contribution in [3.8, 4) is 0 Å². The molecule has 3 nitrogen and oxygen atoms in total. The summed E-state index contributed by atoms with van der Waals surface area (Å²) >= 11 is 0. The lowest BCUT2D eigenvalue weighted by atomic mass is 10.8. The Bertz CT molecular complexity index is 149. The lowest BCUT2D eigenvalue weighted by Gasteiger charge is -1.76. The summed E-state index contributed by atoms with van der Waals surface area (Å²) in [5.41, 5.74) is 0. The predicted octanol–water partition coefficient (Wildman–Crippen LogP) is 0.0339. The molecule has 1 rings (SSSR count). The smallest absolute Gasteiger partial charge is 0.276 e. The molecule has 0 fully saturated rings. The molecule has 0 atom stereocenters. The Hall–Kier alpha value is -1.12. The second-order valence-corrected chi connectivity index (χ2v) is 1.09. The van der Waals surface area contributed by atoms with Crippen LogP contribution in [0.1, 0.15) is 1.43 Å². The van der Waals surface area contributed by atoms with Gasteiger partial charge in [0.05, 0.1) is 0 Å². The maximum atomic E-state index is 9.77. The molecule has 1 aromatic heterocycles. The lowest BCUT2D eigenvalue weighted by Crippen LogP contribution is -1.91. The molecule has 1 aromatic rings. The Labute approximate surface area is 42.0 Å². The molecule has 0 aliphatic rings. The van der Waals surface area contributed by atoms with Crippen LogP contribution in [0.4, 0.5) is 0 Å². The van der Waals surface area contributed by atoms with Gasteiger partial charge < -0.3 is 0 Å². The minimum Gasteiger partial charge on any atom is -0.276 e. The van der Waals surface area contributed by atoms with Gasteiger partial charge in [-0.25, -0.2) is 4.68 Å². The Morgan fingerprint density at radius 2 is 2.71 bits per heavy atom. The Kier molecular flexibility index (Phi) is 0.898. The molecule has 0 saturated carbocycles. The molecular formula is C4H5N2O+. The molecule has 36 valence electrons. The standard InChI is InChI=1S/C4H4N2O/c7-4-6-3-1-2-5-6/h1-4H/p+1. The topological polar surface area (TPSA) is 34.9 Å². The van der Waals surface area contributed by atoms with Crippen molar-refractivity contribution in [3.05, 3.63) is 18.5 Å². The first-order chi connectivity index (χ1) is 3.43. The number of hydrogen-bond donors (Lipinski definition) is 0. The van der Waals surface area contributed by atoms with E-state index in [2.05, 4.69) is 5.10 Å². The van der Waals surface area contributed by atoms with Gasteiger partial charge in [0.25, 0.3) is 0 Å². The van der Waals surface area contributed by atoms with Crippen LogP contribution in [0.2, 0.25) is 0 Å². The molecule has 0 radical (unpaired) electrons. The third-order valence-electron chi connectivity index (χ3n) is 0.633. The summed E-state index contributed by atoms with van der Waals surface area (Å²) < 4.78 is 1.19. The van der Waals surface area contributed by atoms with Gasteiger partial charge in [-0.3, -0.25) is 4.79 Å². The molecule has 7 heavy (non-hydrogen) atoms. The molecule has 0 unspecified atom stereocenters. The van der Waals surface area contributed by atoms with Crippen LogP contribution in [0.25, 0.3) is 0 Å². The fourth-order valence-electron chi connectivity index (χ4n) is 0.343. The van der Waals surface area contributed by atoms with Crippen LogP contribution in [0.15, 0.2) is 18.5 Å². The molecule has 3 heteroatoms. The molecule has 1 heterocycles. The van der Waals surface area contributed by atoms with Crippen LogP contribution in [-0.2, 0) is 4.79 Å². The second kappa shape index (κ2) is 1.55. The molecule has 0 spiro atoms. The van der Waals surface area contributed by atoms with E-state index >= 15 is 0 Å². The average molecular weight is 97.1 g/mol. The van der Waals surface area contributed by atoms with Crippen LogP contribution < -0.4 is 0 Å². The fourth-order valence-corrected chi connectivity index (χ4v) is 0.343. The first-order valence-corrected chi connectivity index (χ1v) is 1.88. The normalized spacial score (nSPS) is 8.57. The van der Waals surface area contributed by atoms with Gasteiger partial charge in [0.1, 0.15) is 0 Å². The Morgan fingerprint density at radius 3 is 3.00 bits per heavy atom. The van der Waals surface area contributed by atoms with E-state index in [-0.39, 0.29) is 1.43 Å². The molecule has 0 saturated heterocycles. The van der Waals surface area contributed by atoms with Gasteiger partial charge >= 0.3 is 1.43 Å². The van der Waals surface area contributed by atoms with Crippen molar-refractivity contribution in [1.29, 1.82) is 0 Å². The van der Waals surface area contributed by atoms with Gasteiger partial charge in [0.2, 0.25) is 6.41 Å². The summed E-state index contributed by atoms with van der Waals surface area (Å²) in [6.45, 7) is 0. The van der Waals surface area contributed by atoms with E-state index in [0.717, 1.165) is 0 Å². The van der Waals surface area contributed by atoms with E-state index in [1.807, 2.05) is 0 Å². The van der Waals surface area contributed by atoms with Crippen LogP contribution in [0.3, 0.4) is 0 Å². The summed E-state index contributed by atoms with van der Waals surface area (Å²) in [7, 11) is 0. The number of nitrogens with zero attached hydrogens (tertiary/aromatic N) is 2. The van der Waals surface area contributed by atoms with E-state index in [1.54, 1.807) is 18.5 Å². The van der Waals surface area contributed by atoms with Gasteiger partial charge in [-0.05, 0) is 6.07 Å². The van der Waals surface area contributed by atoms with Gasteiger partial charge in [-0.15, -0.1) is 0 Å². The lowest BCUT2D eigenvalue weighted by molar-refractivity contribution is 0.540. The van der Waals surface area contributed by atoms with Gasteiger partial charge in [0.15, 0.2) is 0 Å². The molecule has 0 aromatic carbocycles. The van der Waals surface area contributed by atoms with E-state index in [9.17, 15) is 4.79 Å². The maximum Gasteiger partial charge on any atom is 1.00 e. The molecule has 0 amide bonds. The van der Waals surface area contributed by atoms with Crippen molar-refractivity contribution in [2.24, 2.45) is 0 Å². The summed E-state index contributed by atoms with van der Waals surface area (Å²) in [6.07, 6.45) is 3.77. The third-order valence-corrected chi connectivity index (χ3v) is 0.633. The number of carbonyl (C=O) groups excluding carboxylic acids is 1. The molecule has 0 aliphatic carbocycles. The van der Waals surface area contributed by atoms with E-state index in [4.69, 9.17) is 0 Å². The van der Waals surface area contributed by atoms with Crippen LogP contribution >= 0.6 is 0 Å². The highest BCUT2D eigenvalue weighted by atomic mass is 16.1. The van der Waals surface area contributed by atoms with Crippen molar-refractivity contribution < 1.29 is 6.22 Å². The zero-order valence-corrected chi connectivity index (χ0v) is 3.61. The number of aromatic nitrogens is 2. The van der Waals surface area contributed by atoms with Crippen LogP contribution in [0, 0.1) is 0 Å². The highest BCUT2D eigenvalue weighted by Crippen LogP contribution is 1.74. The maximum absolute atomic E-state index is 9.77. The summed E-state index contributed by atoms with van der Waals surface area (Å²) in [5, 5.41) is 3.58. The largest absolute Gasteiger partial charge is 1.00 e. The minimum absolute atomic E-state index is 0. The van der Waals surface area contributed by atoms with E-state index in [0.29, 0.717) is 6.41 Å². The third kappa shape index (κ3) is 0.652. The van der Waals surface area contributed by atoms with E-state index in [1.165, 1.54) is 4.68 Å². The van der Waals surface area contributed by atoms with Gasteiger partial charge in [-0.1, -0.05) is 0 Å². The van der Waals surface area contributed by atoms with Crippen molar-refractivity contribution in [2.75, 3.05) is 0 Å². The first kappa shape index (κ1) is 4.05. The average Bonchev–Trinajstić information content (AvgIpc) is 2.14. The second-order valence-electron chi connectivity index (χ2n) is 1.09. The monoisotopic (exact) mass is 97.0 g/mol. The quantitative estimate of drug-likeness (QED) is 0.463. The summed E-state index contributed by atoms with van der Waals surface area (Å²) in [6, 6.07) is 1.69. The summed E-state index contributed by atoms with van der Waals surface area (Å²) in [4.78, 5) is 9.77. The number of rotatable bonds is 1. The molecule has 0 bridgehead atoms. The van der Waals surface area contributed by atoms with Crippen molar-refractivity contribution in [2.45, 2.75) is 0 Å². The van der Waals surface area contributed by atoms with Gasteiger partial charge in [-0.2, -0.15) is 5.10 Å². The fraction of sp³-hybridized carbons (Fsp3) is 0. The molecule has 0 N–H and O–H groups in total. The van der Waals surface area contributed by atoms with Crippen molar-refractivity contribution in [1.82, 2.24) is 9.78 Å². The van der Waals surface area contributed by atoms with Crippen molar-refractivity contribution >= 4 is 6.41 Å². The SMILES string of the molecule is O=Cn1cccn1.[H+]. The zero-order chi connectivity index (χ0) is 5.11. The minimum atomic E-state index is 0. The highest BCUT2D eigenvalue weighted by Gasteiger charge is 1.77. The number of hydrogen-bond acceptors (Lipinski definition) is 2. The first-order valence-electron chi connectivity index (χ1n) is 1.88. The molecular weight excluding hydrogens is 92.1 g/mol. The Balaban J connectivity index is 0.000000490. The highest BCUT2D eigenvalue weighted by molar-refractivity contribution is 5.49. The molecule has 0 aliphatic heterocycles. The van der Waals surface area contributed by atoms with Crippen LogP contribution in [0.5, 0.6) is 0 Å². The number of carbonyl (C=O) groups is 1. The van der Waals surface area contributed by atoms with Gasteiger partial charge in [0, 0.05) is 12.4 Å².